The molecule has 0 bridgehead atoms. The van der Waals surface area contributed by atoms with E-state index >= 15 is 0 Å². The minimum Gasteiger partial charge on any atom is -0.496 e. The number of halogens is 2. The van der Waals surface area contributed by atoms with Crippen molar-refractivity contribution in [3.8, 4) is 45.1 Å². The first kappa shape index (κ1) is 33.1. The Morgan fingerprint density at radius 1 is 0.896 bits per heavy atom. The zero-order valence-electron chi connectivity index (χ0n) is 27.9. The summed E-state index contributed by atoms with van der Waals surface area (Å²) in [6.45, 7) is 6.64. The summed E-state index contributed by atoms with van der Waals surface area (Å²) < 4.78 is 17.1. The molecule has 9 heteroatoms. The number of carbonyl (C=O) groups excluding carboxylic acids is 1. The van der Waals surface area contributed by atoms with Crippen LogP contribution in [0.4, 0.5) is 0 Å². The Bertz CT molecular complexity index is 1870. The van der Waals surface area contributed by atoms with Gasteiger partial charge in [-0.2, -0.15) is 0 Å². The number of likely N-dealkylation sites (tertiary alicyclic amines) is 1. The second-order valence-electron chi connectivity index (χ2n) is 13.1. The quantitative estimate of drug-likeness (QED) is 0.168. The first-order chi connectivity index (χ1) is 23.3. The van der Waals surface area contributed by atoms with Crippen molar-refractivity contribution in [3.05, 3.63) is 86.9 Å². The molecule has 4 aromatic rings. The van der Waals surface area contributed by atoms with Crippen LogP contribution < -0.4 is 9.47 Å². The van der Waals surface area contributed by atoms with Gasteiger partial charge in [0.05, 0.1) is 36.6 Å². The van der Waals surface area contributed by atoms with Crippen LogP contribution in [0.5, 0.6) is 11.6 Å². The number of hydrogen-bond acceptors (Lipinski definition) is 7. The Kier molecular flexibility index (Phi) is 9.51. The molecular weight excluding hydrogens is 645 g/mol. The molecule has 48 heavy (non-hydrogen) atoms. The third-order valence-corrected chi connectivity index (χ3v) is 11.1. The van der Waals surface area contributed by atoms with E-state index in [1.165, 1.54) is 16.7 Å². The Balaban J connectivity index is 1.22. The molecule has 7 nitrogen and oxygen atoms in total. The van der Waals surface area contributed by atoms with E-state index in [0.29, 0.717) is 22.5 Å². The van der Waals surface area contributed by atoms with Gasteiger partial charge in [-0.1, -0.05) is 65.7 Å². The largest absolute Gasteiger partial charge is 0.496 e. The van der Waals surface area contributed by atoms with Crippen LogP contribution in [0.1, 0.15) is 41.6 Å². The van der Waals surface area contributed by atoms with Crippen LogP contribution in [-0.4, -0.2) is 74.7 Å². The highest BCUT2D eigenvalue weighted by molar-refractivity contribution is 6.39. The van der Waals surface area contributed by atoms with Crippen molar-refractivity contribution in [3.63, 3.8) is 0 Å². The van der Waals surface area contributed by atoms with Gasteiger partial charge in [-0.05, 0) is 55.0 Å². The highest BCUT2D eigenvalue weighted by Gasteiger charge is 2.40. The van der Waals surface area contributed by atoms with Crippen molar-refractivity contribution >= 4 is 29.0 Å². The molecular formula is C39H41Cl2N3O4. The Hall–Kier alpha value is -3.46. The molecule has 1 fully saturated rings. The van der Waals surface area contributed by atoms with E-state index in [-0.39, 0.29) is 17.7 Å². The van der Waals surface area contributed by atoms with Gasteiger partial charge >= 0.3 is 0 Å². The van der Waals surface area contributed by atoms with Crippen LogP contribution in [0.3, 0.4) is 0 Å². The van der Waals surface area contributed by atoms with Gasteiger partial charge in [-0.15, -0.1) is 0 Å². The van der Waals surface area contributed by atoms with Crippen molar-refractivity contribution in [1.29, 1.82) is 0 Å². The monoisotopic (exact) mass is 685 g/mol. The normalized spacial score (nSPS) is 17.9. The highest BCUT2D eigenvalue weighted by Crippen LogP contribution is 2.48. The molecule has 250 valence electrons. The van der Waals surface area contributed by atoms with Crippen molar-refractivity contribution in [2.75, 3.05) is 54.1 Å². The Morgan fingerprint density at radius 3 is 2.29 bits per heavy atom. The summed E-state index contributed by atoms with van der Waals surface area (Å²) in [7, 11) is 5.14. The molecule has 1 saturated heterocycles. The second-order valence-corrected chi connectivity index (χ2v) is 13.8. The number of aromatic nitrogens is 1. The van der Waals surface area contributed by atoms with Crippen LogP contribution in [-0.2, 0) is 28.9 Å². The molecule has 3 aliphatic rings. The molecule has 3 aromatic carbocycles. The van der Waals surface area contributed by atoms with Crippen molar-refractivity contribution in [2.24, 2.45) is 5.92 Å². The van der Waals surface area contributed by atoms with E-state index in [0.717, 1.165) is 96.8 Å². The van der Waals surface area contributed by atoms with Crippen LogP contribution in [0, 0.1) is 5.92 Å². The maximum absolute atomic E-state index is 11.9. The number of benzene rings is 3. The number of pyridine rings is 1. The lowest BCUT2D eigenvalue weighted by Gasteiger charge is -2.42. The summed E-state index contributed by atoms with van der Waals surface area (Å²) in [5, 5.41) is 1.22. The molecule has 1 atom stereocenters. The molecule has 1 aliphatic carbocycles. The number of hydrogen-bond donors (Lipinski definition) is 0. The van der Waals surface area contributed by atoms with E-state index in [4.69, 9.17) is 42.4 Å². The number of ether oxygens (including phenoxy) is 3. The number of carbonyl (C=O) groups is 1. The smallest absolute Gasteiger partial charge is 0.217 e. The minimum atomic E-state index is 0.146. The summed E-state index contributed by atoms with van der Waals surface area (Å²) >= 11 is 14.5. The molecule has 0 amide bonds. The van der Waals surface area contributed by atoms with E-state index < -0.39 is 0 Å². The maximum Gasteiger partial charge on any atom is 0.217 e. The Morgan fingerprint density at radius 2 is 1.60 bits per heavy atom. The van der Waals surface area contributed by atoms with Gasteiger partial charge in [0.2, 0.25) is 5.88 Å². The molecule has 0 N–H and O–H groups in total. The molecule has 0 radical (unpaired) electrons. The molecule has 1 unspecified atom stereocenters. The fraction of sp³-hybridized carbons (Fsp3) is 0.385. The van der Waals surface area contributed by atoms with E-state index in [2.05, 4.69) is 34.1 Å². The predicted octanol–water partition coefficient (Wildman–Crippen LogP) is 7.92. The summed E-state index contributed by atoms with van der Waals surface area (Å²) in [6.07, 6.45) is 2.85. The third-order valence-electron chi connectivity index (χ3n) is 10.3. The molecule has 7 rings (SSSR count). The summed E-state index contributed by atoms with van der Waals surface area (Å²) in [5.41, 5.74) is 10.1. The van der Waals surface area contributed by atoms with Gasteiger partial charge in [-0.25, -0.2) is 4.98 Å². The zero-order chi connectivity index (χ0) is 33.5. The van der Waals surface area contributed by atoms with Crippen LogP contribution in [0.2, 0.25) is 10.0 Å². The second kappa shape index (κ2) is 13.8. The Labute approximate surface area is 292 Å². The predicted molar refractivity (Wildman–Crippen MR) is 191 cm³/mol. The van der Waals surface area contributed by atoms with Gasteiger partial charge in [0, 0.05) is 85.2 Å². The lowest BCUT2D eigenvalue weighted by Crippen LogP contribution is -2.50. The van der Waals surface area contributed by atoms with Gasteiger partial charge in [0.25, 0.3) is 0 Å². The van der Waals surface area contributed by atoms with Crippen LogP contribution in [0.15, 0.2) is 54.6 Å². The molecule has 3 heterocycles. The van der Waals surface area contributed by atoms with Crippen molar-refractivity contribution in [1.82, 2.24) is 14.8 Å². The minimum absolute atomic E-state index is 0.146. The van der Waals surface area contributed by atoms with Crippen LogP contribution in [0.25, 0.3) is 33.5 Å². The SMILES string of the molecule is COCCN1CCc2c(cc(-c3cccc(-c4cccc(-c5cc6c(c(OC)c5)C(N5CC(C(C)=O)C5)CC6)c4Cl)c3Cl)nc2OC)C1. The number of methoxy groups -OCH3 is 3. The number of ketones is 1. The molecule has 1 aromatic heterocycles. The number of aryl methyl sites for hydroxylation is 1. The lowest BCUT2D eigenvalue weighted by molar-refractivity contribution is -0.127. The molecule has 2 aliphatic heterocycles. The first-order valence-corrected chi connectivity index (χ1v) is 17.4. The van der Waals surface area contributed by atoms with E-state index in [1.807, 2.05) is 30.3 Å². The molecule has 0 spiro atoms. The standard InChI is InChI=1S/C39H41Cl2N3O4/c1-23(45)27-21-44(22-27)34-12-11-24-17-25(19-35(47-3)36(24)34)28-7-5-8-30(37(28)40)31-9-6-10-32(38(31)41)33-18-26-20-43(15-16-46-2)14-13-29(26)39(42-33)48-4/h5-10,17-19,27,34H,11-16,20-22H2,1-4H3. The average molecular weight is 687 g/mol. The summed E-state index contributed by atoms with van der Waals surface area (Å²) in [4.78, 5) is 21.6. The van der Waals surface area contributed by atoms with E-state index in [1.54, 1.807) is 28.3 Å². The topological polar surface area (TPSA) is 64.1 Å². The third kappa shape index (κ3) is 6.01. The molecule has 0 saturated carbocycles. The van der Waals surface area contributed by atoms with E-state index in [9.17, 15) is 4.79 Å². The van der Waals surface area contributed by atoms with Gasteiger partial charge < -0.3 is 14.2 Å². The van der Waals surface area contributed by atoms with Gasteiger partial charge in [0.1, 0.15) is 11.5 Å². The zero-order valence-corrected chi connectivity index (χ0v) is 29.5. The fourth-order valence-corrected chi connectivity index (χ4v) is 8.30. The van der Waals surface area contributed by atoms with Crippen molar-refractivity contribution < 1.29 is 19.0 Å². The lowest BCUT2D eigenvalue weighted by atomic mass is 9.91. The summed E-state index contributed by atoms with van der Waals surface area (Å²) in [6, 6.07) is 18.9. The van der Waals surface area contributed by atoms with Crippen LogP contribution >= 0.6 is 23.2 Å². The summed E-state index contributed by atoms with van der Waals surface area (Å²) in [5.74, 6) is 1.94. The number of nitrogens with zero attached hydrogens (tertiary/aromatic N) is 3. The highest BCUT2D eigenvalue weighted by atomic mass is 35.5. The number of rotatable bonds is 10. The average Bonchev–Trinajstić information content (AvgIpc) is 3.49. The maximum atomic E-state index is 11.9. The number of fused-ring (bicyclic) bond motifs is 2. The first-order valence-electron chi connectivity index (χ1n) is 16.6. The van der Waals surface area contributed by atoms with Crippen molar-refractivity contribution in [2.45, 2.75) is 38.8 Å². The van der Waals surface area contributed by atoms with Gasteiger partial charge in [0.15, 0.2) is 0 Å². The fourth-order valence-electron chi connectivity index (χ4n) is 7.64. The van der Waals surface area contributed by atoms with Gasteiger partial charge in [-0.3, -0.25) is 14.6 Å². The number of Topliss-reactive ketones (excluding diaryl/α,β-unsaturated/α-hetero) is 1.